The molecule has 0 rings (SSSR count). The zero-order valence-corrected chi connectivity index (χ0v) is 23.0. The van der Waals surface area contributed by atoms with Gasteiger partial charge in [-0.15, -0.1) is 0 Å². The van der Waals surface area contributed by atoms with Crippen LogP contribution in [0.5, 0.6) is 0 Å². The largest absolute Gasteiger partial charge is 0.500 e. The van der Waals surface area contributed by atoms with Crippen molar-refractivity contribution in [2.45, 2.75) is 38.8 Å². The minimum Gasteiger partial charge on any atom is -0.399 e. The molecule has 0 heterocycles. The van der Waals surface area contributed by atoms with Crippen LogP contribution in [0, 0.1) is 11.8 Å². The van der Waals surface area contributed by atoms with E-state index in [0.29, 0.717) is 11.8 Å². The van der Waals surface area contributed by atoms with Gasteiger partial charge in [-0.05, 0) is 50.4 Å². The van der Waals surface area contributed by atoms with Gasteiger partial charge in [-0.1, -0.05) is 35.4 Å². The SMILES string of the molecule is CO[Si](CC(C)CCSSSSCCC(C)C[Si](CO)(CO)CO)(OC)OC. The fourth-order valence-electron chi connectivity index (χ4n) is 2.82. The molecule has 0 aromatic rings. The lowest BCUT2D eigenvalue weighted by Crippen LogP contribution is -2.49. The average Bonchev–Trinajstić information content (AvgIpc) is 2.72. The van der Waals surface area contributed by atoms with E-state index in [2.05, 4.69) is 13.8 Å². The minimum absolute atomic E-state index is 0.0418. The summed E-state index contributed by atoms with van der Waals surface area (Å²) in [5.74, 6) is 3.02. The van der Waals surface area contributed by atoms with Gasteiger partial charge in [0, 0.05) is 57.6 Å². The lowest BCUT2D eigenvalue weighted by molar-refractivity contribution is 0.118. The van der Waals surface area contributed by atoms with Crippen LogP contribution in [0.3, 0.4) is 0 Å². The van der Waals surface area contributed by atoms with E-state index in [0.717, 1.165) is 36.4 Å². The Morgan fingerprint density at radius 1 is 0.714 bits per heavy atom. The number of hydrogen-bond acceptors (Lipinski definition) is 10. The van der Waals surface area contributed by atoms with E-state index in [1.54, 1.807) is 31.2 Å². The fourth-order valence-corrected chi connectivity index (χ4v) is 13.7. The van der Waals surface area contributed by atoms with Gasteiger partial charge in [0.15, 0.2) is 0 Å². The molecule has 0 amide bonds. The van der Waals surface area contributed by atoms with E-state index in [4.69, 9.17) is 13.3 Å². The third kappa shape index (κ3) is 11.8. The average molecular weight is 511 g/mol. The molecule has 170 valence electrons. The highest BCUT2D eigenvalue weighted by Gasteiger charge is 2.39. The summed E-state index contributed by atoms with van der Waals surface area (Å²) >= 11 is 0. The summed E-state index contributed by atoms with van der Waals surface area (Å²) in [6.45, 7) is 4.35. The van der Waals surface area contributed by atoms with Crippen LogP contribution in [0.25, 0.3) is 0 Å². The van der Waals surface area contributed by atoms with Crippen LogP contribution in [0.4, 0.5) is 0 Å². The van der Waals surface area contributed by atoms with Gasteiger partial charge >= 0.3 is 8.80 Å². The van der Waals surface area contributed by atoms with Crippen molar-refractivity contribution in [3.8, 4) is 0 Å². The Kier molecular flexibility index (Phi) is 18.2. The van der Waals surface area contributed by atoms with Gasteiger partial charge in [-0.25, -0.2) is 0 Å². The van der Waals surface area contributed by atoms with E-state index in [1.165, 1.54) is 0 Å². The molecule has 0 fully saturated rings. The van der Waals surface area contributed by atoms with Crippen molar-refractivity contribution >= 4 is 58.1 Å². The number of aliphatic hydroxyl groups excluding tert-OH is 3. The number of aliphatic hydroxyl groups is 3. The van der Waals surface area contributed by atoms with E-state index >= 15 is 0 Å². The Labute approximate surface area is 188 Å². The van der Waals surface area contributed by atoms with E-state index in [1.807, 2.05) is 31.4 Å². The molecule has 0 bridgehead atoms. The topological polar surface area (TPSA) is 88.4 Å². The Morgan fingerprint density at radius 3 is 1.46 bits per heavy atom. The summed E-state index contributed by atoms with van der Waals surface area (Å²) in [6, 6.07) is 1.61. The van der Waals surface area contributed by atoms with Gasteiger partial charge in [0.25, 0.3) is 0 Å². The Bertz CT molecular complexity index is 329. The molecule has 0 aliphatic rings. The molecule has 0 spiro atoms. The predicted molar refractivity (Wildman–Crippen MR) is 131 cm³/mol. The summed E-state index contributed by atoms with van der Waals surface area (Å²) in [4.78, 5) is 0. The van der Waals surface area contributed by atoms with Gasteiger partial charge in [-0.2, -0.15) is 0 Å². The first-order valence-electron chi connectivity index (χ1n) is 9.42. The standard InChI is InChI=1S/C16H38O6S4Si2/c1-15(10-27(12-17,13-18)14-19)6-8-23-25-26-24-9-7-16(2)11-28(20-3,21-4)22-5/h15-19H,6-14H2,1-5H3. The zero-order valence-electron chi connectivity index (χ0n) is 17.7. The first kappa shape index (κ1) is 29.6. The summed E-state index contributed by atoms with van der Waals surface area (Å²) in [7, 11) is 7.54. The van der Waals surface area contributed by atoms with Crippen LogP contribution in [-0.4, -0.2) is 83.7 Å². The zero-order chi connectivity index (χ0) is 21.5. The van der Waals surface area contributed by atoms with Crippen LogP contribution in [0.1, 0.15) is 26.7 Å². The van der Waals surface area contributed by atoms with Gasteiger partial charge in [0.2, 0.25) is 0 Å². The molecule has 0 radical (unpaired) electrons. The van der Waals surface area contributed by atoms with Crippen LogP contribution in [-0.2, 0) is 13.3 Å². The van der Waals surface area contributed by atoms with Crippen molar-refractivity contribution in [3.63, 3.8) is 0 Å². The van der Waals surface area contributed by atoms with Crippen molar-refractivity contribution in [2.75, 3.05) is 51.5 Å². The molecule has 28 heavy (non-hydrogen) atoms. The third-order valence-corrected chi connectivity index (χ3v) is 18.0. The Morgan fingerprint density at radius 2 is 1.11 bits per heavy atom. The van der Waals surface area contributed by atoms with Crippen LogP contribution in [0.15, 0.2) is 0 Å². The Hall–Kier alpha value is 1.59. The molecule has 3 N–H and O–H groups in total. The third-order valence-electron chi connectivity index (χ3n) is 4.83. The predicted octanol–water partition coefficient (Wildman–Crippen LogP) is 3.64. The normalized spacial score (nSPS) is 15.0. The molecule has 0 aromatic heterocycles. The van der Waals surface area contributed by atoms with Crippen LogP contribution < -0.4 is 0 Å². The molecule has 0 saturated carbocycles. The highest BCUT2D eigenvalue weighted by atomic mass is 33.7. The highest BCUT2D eigenvalue weighted by Crippen LogP contribution is 2.44. The molecule has 0 aliphatic carbocycles. The maximum atomic E-state index is 9.47. The van der Waals surface area contributed by atoms with Crippen molar-refractivity contribution in [3.05, 3.63) is 0 Å². The van der Waals surface area contributed by atoms with Crippen molar-refractivity contribution < 1.29 is 28.6 Å². The quantitative estimate of drug-likeness (QED) is 0.136. The first-order chi connectivity index (χ1) is 13.4. The second-order valence-corrected chi connectivity index (χ2v) is 20.8. The molecule has 6 nitrogen and oxygen atoms in total. The molecule has 2 atom stereocenters. The lowest BCUT2D eigenvalue weighted by Gasteiger charge is -2.27. The first-order valence-corrected chi connectivity index (χ1v) is 19.3. The monoisotopic (exact) mass is 510 g/mol. The maximum absolute atomic E-state index is 9.47. The van der Waals surface area contributed by atoms with Gasteiger partial charge in [-0.3, -0.25) is 0 Å². The van der Waals surface area contributed by atoms with Crippen LogP contribution >= 0.6 is 41.2 Å². The molecule has 0 saturated heterocycles. The van der Waals surface area contributed by atoms with Gasteiger partial charge < -0.3 is 28.6 Å². The molecule has 12 heteroatoms. The number of hydrogen-bond donors (Lipinski definition) is 3. The van der Waals surface area contributed by atoms with Gasteiger partial charge in [0.05, 0.1) is 0 Å². The van der Waals surface area contributed by atoms with Crippen molar-refractivity contribution in [1.29, 1.82) is 0 Å². The van der Waals surface area contributed by atoms with E-state index < -0.39 is 16.9 Å². The molecule has 2 unspecified atom stereocenters. The van der Waals surface area contributed by atoms with E-state index in [9.17, 15) is 15.3 Å². The molecule has 0 aliphatic heterocycles. The molecular formula is C16H38O6S4Si2. The van der Waals surface area contributed by atoms with E-state index in [-0.39, 0.29) is 18.7 Å². The van der Waals surface area contributed by atoms with Crippen LogP contribution in [0.2, 0.25) is 12.1 Å². The van der Waals surface area contributed by atoms with Crippen molar-refractivity contribution in [1.82, 2.24) is 0 Å². The fraction of sp³-hybridized carbons (Fsp3) is 1.00. The lowest BCUT2D eigenvalue weighted by atomic mass is 10.2. The summed E-state index contributed by atoms with van der Waals surface area (Å²) in [5.41, 5.74) is 0. The molecule has 0 aromatic carbocycles. The number of rotatable bonds is 19. The second kappa shape index (κ2) is 17.2. The van der Waals surface area contributed by atoms with Crippen molar-refractivity contribution in [2.24, 2.45) is 11.8 Å². The maximum Gasteiger partial charge on any atom is 0.500 e. The summed E-state index contributed by atoms with van der Waals surface area (Å²) in [5, 5.41) is 28.4. The highest BCUT2D eigenvalue weighted by molar-refractivity contribution is 9.26. The smallest absolute Gasteiger partial charge is 0.399 e. The Balaban J connectivity index is 3.79. The summed E-state index contributed by atoms with van der Waals surface area (Å²) < 4.78 is 16.5. The summed E-state index contributed by atoms with van der Waals surface area (Å²) in [6.07, 6.45) is 2.01. The molecular weight excluding hydrogens is 473 g/mol. The van der Waals surface area contributed by atoms with Gasteiger partial charge in [0.1, 0.15) is 8.07 Å². The minimum atomic E-state index is -2.47. The second-order valence-electron chi connectivity index (χ2n) is 7.25.